The zero-order valence-corrected chi connectivity index (χ0v) is 14.6. The van der Waals surface area contributed by atoms with Crippen molar-refractivity contribution in [2.75, 3.05) is 13.6 Å². The average molecular weight is 353 g/mol. The summed E-state index contributed by atoms with van der Waals surface area (Å²) in [7, 11) is 1.48. The summed E-state index contributed by atoms with van der Waals surface area (Å²) in [6.07, 6.45) is 3.78. The Morgan fingerprint density at radius 3 is 2.88 bits per heavy atom. The number of hydrogen-bond acceptors (Lipinski definition) is 4. The van der Waals surface area contributed by atoms with Crippen molar-refractivity contribution in [1.29, 1.82) is 0 Å². The number of pyridine rings is 1. The van der Waals surface area contributed by atoms with Gasteiger partial charge >= 0.3 is 0 Å². The zero-order valence-electron chi connectivity index (χ0n) is 14.6. The number of nitrogens with one attached hydrogen (secondary N) is 3. The molecule has 1 aliphatic heterocycles. The largest absolute Gasteiger partial charge is 0.355 e. The SMILES string of the molecule is CNC(=O)c1ccc(-c2cnc3ccc(C4CNN[C@H]4C)cn23)cc1F. The second kappa shape index (κ2) is 6.51. The fourth-order valence-electron chi connectivity index (χ4n) is 3.44. The van der Waals surface area contributed by atoms with E-state index in [1.165, 1.54) is 24.7 Å². The van der Waals surface area contributed by atoms with Crippen molar-refractivity contribution >= 4 is 11.6 Å². The monoisotopic (exact) mass is 353 g/mol. The molecule has 0 bridgehead atoms. The first-order chi connectivity index (χ1) is 12.6. The van der Waals surface area contributed by atoms with Crippen molar-refractivity contribution in [3.8, 4) is 11.3 Å². The van der Waals surface area contributed by atoms with Crippen LogP contribution in [0.2, 0.25) is 0 Å². The Morgan fingerprint density at radius 1 is 1.35 bits per heavy atom. The van der Waals surface area contributed by atoms with Crippen LogP contribution in [-0.2, 0) is 0 Å². The standard InChI is InChI=1S/C19H20FN5O/c1-11-15(8-23-24-11)13-4-6-18-22-9-17(25(18)10-13)12-3-5-14(16(20)7-12)19(26)21-2/h3-7,9-11,15,23-24H,8H2,1-2H3,(H,21,26)/t11-,15?/m0/s1. The maximum Gasteiger partial charge on any atom is 0.253 e. The van der Waals surface area contributed by atoms with Crippen LogP contribution in [0.4, 0.5) is 4.39 Å². The van der Waals surface area contributed by atoms with E-state index in [2.05, 4.69) is 40.3 Å². The number of hydrogen-bond donors (Lipinski definition) is 3. The van der Waals surface area contributed by atoms with Gasteiger partial charge in [-0.1, -0.05) is 12.1 Å². The number of nitrogens with zero attached hydrogens (tertiary/aromatic N) is 2. The highest BCUT2D eigenvalue weighted by molar-refractivity contribution is 5.94. The lowest BCUT2D eigenvalue weighted by Crippen LogP contribution is -2.28. The van der Waals surface area contributed by atoms with Crippen LogP contribution in [-0.4, -0.2) is 34.9 Å². The highest BCUT2D eigenvalue weighted by Crippen LogP contribution is 2.27. The van der Waals surface area contributed by atoms with Crippen molar-refractivity contribution in [3.63, 3.8) is 0 Å². The molecule has 0 radical (unpaired) electrons. The smallest absolute Gasteiger partial charge is 0.253 e. The molecule has 1 saturated heterocycles. The van der Waals surface area contributed by atoms with E-state index in [1.54, 1.807) is 12.3 Å². The minimum absolute atomic E-state index is 0.0303. The van der Waals surface area contributed by atoms with Gasteiger partial charge < -0.3 is 5.32 Å². The molecule has 3 N–H and O–H groups in total. The minimum Gasteiger partial charge on any atom is -0.355 e. The Morgan fingerprint density at radius 2 is 2.19 bits per heavy atom. The number of fused-ring (bicyclic) bond motifs is 1. The molecule has 0 spiro atoms. The molecule has 134 valence electrons. The third kappa shape index (κ3) is 2.75. The summed E-state index contributed by atoms with van der Waals surface area (Å²) in [5.41, 5.74) is 9.88. The first kappa shape index (κ1) is 16.7. The maximum atomic E-state index is 14.3. The Hall–Kier alpha value is -2.77. The van der Waals surface area contributed by atoms with E-state index in [4.69, 9.17) is 0 Å². The summed E-state index contributed by atoms with van der Waals surface area (Å²) in [5.74, 6) is -0.641. The van der Waals surface area contributed by atoms with Crippen molar-refractivity contribution in [2.45, 2.75) is 18.9 Å². The van der Waals surface area contributed by atoms with Crippen molar-refractivity contribution in [1.82, 2.24) is 25.6 Å². The molecular weight excluding hydrogens is 333 g/mol. The maximum absolute atomic E-state index is 14.3. The Balaban J connectivity index is 1.77. The normalized spacial score (nSPS) is 19.8. The van der Waals surface area contributed by atoms with Gasteiger partial charge in [-0.3, -0.25) is 20.0 Å². The summed E-state index contributed by atoms with van der Waals surface area (Å²) >= 11 is 0. The molecule has 0 aliphatic carbocycles. The number of imidazole rings is 1. The number of amides is 1. The Bertz CT molecular complexity index is 983. The first-order valence-electron chi connectivity index (χ1n) is 8.56. The number of halogens is 1. The van der Waals surface area contributed by atoms with Crippen LogP contribution in [0.3, 0.4) is 0 Å². The predicted molar refractivity (Wildman–Crippen MR) is 97.3 cm³/mol. The third-order valence-corrected chi connectivity index (χ3v) is 4.95. The van der Waals surface area contributed by atoms with Crippen molar-refractivity contribution < 1.29 is 9.18 Å². The molecule has 3 heterocycles. The van der Waals surface area contributed by atoms with E-state index < -0.39 is 11.7 Å². The Kier molecular flexibility index (Phi) is 4.18. The molecule has 1 unspecified atom stereocenters. The van der Waals surface area contributed by atoms with Crippen molar-refractivity contribution in [2.24, 2.45) is 0 Å². The molecule has 4 rings (SSSR count). The molecular formula is C19H20FN5O. The van der Waals surface area contributed by atoms with Crippen LogP contribution in [0, 0.1) is 5.82 Å². The third-order valence-electron chi connectivity index (χ3n) is 4.95. The van der Waals surface area contributed by atoms with E-state index in [0.717, 1.165) is 17.9 Å². The minimum atomic E-state index is -0.550. The number of rotatable bonds is 3. The van der Waals surface area contributed by atoms with Gasteiger partial charge in [0.05, 0.1) is 17.5 Å². The lowest BCUT2D eigenvalue weighted by molar-refractivity contribution is 0.0959. The highest BCUT2D eigenvalue weighted by atomic mass is 19.1. The van der Waals surface area contributed by atoms with E-state index >= 15 is 0 Å². The predicted octanol–water partition coefficient (Wildman–Crippen LogP) is 2.08. The van der Waals surface area contributed by atoms with Crippen LogP contribution in [0.15, 0.2) is 42.7 Å². The number of carbonyl (C=O) groups excluding carboxylic acids is 1. The summed E-state index contributed by atoms with van der Waals surface area (Å²) in [5, 5.41) is 2.44. The molecule has 2 aromatic heterocycles. The molecule has 0 saturated carbocycles. The second-order valence-electron chi connectivity index (χ2n) is 6.53. The molecule has 3 aromatic rings. The quantitative estimate of drug-likeness (QED) is 0.674. The highest BCUT2D eigenvalue weighted by Gasteiger charge is 2.25. The zero-order chi connectivity index (χ0) is 18.3. The van der Waals surface area contributed by atoms with E-state index in [0.29, 0.717) is 17.5 Å². The van der Waals surface area contributed by atoms with Gasteiger partial charge in [0.15, 0.2) is 0 Å². The number of aromatic nitrogens is 2. The van der Waals surface area contributed by atoms with E-state index in [-0.39, 0.29) is 5.56 Å². The summed E-state index contributed by atoms with van der Waals surface area (Å²) < 4.78 is 16.3. The van der Waals surface area contributed by atoms with Gasteiger partial charge in [-0.05, 0) is 30.7 Å². The topological polar surface area (TPSA) is 70.5 Å². The second-order valence-corrected chi connectivity index (χ2v) is 6.53. The molecule has 1 fully saturated rings. The first-order valence-corrected chi connectivity index (χ1v) is 8.56. The fourth-order valence-corrected chi connectivity index (χ4v) is 3.44. The van der Waals surface area contributed by atoms with Gasteiger partial charge in [-0.25, -0.2) is 9.37 Å². The van der Waals surface area contributed by atoms with E-state index in [9.17, 15) is 9.18 Å². The van der Waals surface area contributed by atoms with Gasteiger partial charge in [-0.15, -0.1) is 0 Å². The summed E-state index contributed by atoms with van der Waals surface area (Å²) in [6.45, 7) is 2.99. The molecule has 26 heavy (non-hydrogen) atoms. The molecule has 1 aliphatic rings. The number of carbonyl (C=O) groups is 1. The van der Waals surface area contributed by atoms with E-state index in [1.807, 2.05) is 10.5 Å². The van der Waals surface area contributed by atoms with Crippen LogP contribution < -0.4 is 16.2 Å². The van der Waals surface area contributed by atoms with Crippen LogP contribution in [0.1, 0.15) is 28.8 Å². The van der Waals surface area contributed by atoms with Gasteiger partial charge in [0.25, 0.3) is 5.91 Å². The van der Waals surface area contributed by atoms with Crippen LogP contribution in [0.5, 0.6) is 0 Å². The lowest BCUT2D eigenvalue weighted by atomic mass is 9.96. The molecule has 6 nitrogen and oxygen atoms in total. The van der Waals surface area contributed by atoms with Crippen LogP contribution in [0.25, 0.3) is 16.9 Å². The average Bonchev–Trinajstić information content (AvgIpc) is 3.26. The molecule has 1 aromatic carbocycles. The lowest BCUT2D eigenvalue weighted by Gasteiger charge is -2.15. The Labute approximate surface area is 150 Å². The molecule has 2 atom stereocenters. The fraction of sp³-hybridized carbons (Fsp3) is 0.263. The van der Waals surface area contributed by atoms with Gasteiger partial charge in [-0.2, -0.15) is 0 Å². The molecule has 7 heteroatoms. The van der Waals surface area contributed by atoms with Crippen molar-refractivity contribution in [3.05, 3.63) is 59.7 Å². The van der Waals surface area contributed by atoms with Gasteiger partial charge in [0.2, 0.25) is 0 Å². The van der Waals surface area contributed by atoms with Gasteiger partial charge in [0, 0.05) is 37.3 Å². The van der Waals surface area contributed by atoms with Crippen LogP contribution >= 0.6 is 0 Å². The molecule has 1 amide bonds. The number of benzene rings is 1. The van der Waals surface area contributed by atoms with Gasteiger partial charge in [0.1, 0.15) is 11.5 Å². The number of hydrazine groups is 1. The summed E-state index contributed by atoms with van der Waals surface area (Å²) in [4.78, 5) is 16.1. The summed E-state index contributed by atoms with van der Waals surface area (Å²) in [6, 6.07) is 8.99.